The van der Waals surface area contributed by atoms with Gasteiger partial charge in [0, 0.05) is 42.2 Å². The van der Waals surface area contributed by atoms with Gasteiger partial charge in [0.2, 0.25) is 16.9 Å². The minimum absolute atomic E-state index is 0.0444. The van der Waals surface area contributed by atoms with E-state index in [0.29, 0.717) is 40.8 Å². The second-order valence-corrected chi connectivity index (χ2v) is 8.13. The summed E-state index contributed by atoms with van der Waals surface area (Å²) in [6, 6.07) is 16.2. The summed E-state index contributed by atoms with van der Waals surface area (Å²) in [4.78, 5) is 38.3. The quantitative estimate of drug-likeness (QED) is 0.615. The van der Waals surface area contributed by atoms with E-state index in [1.165, 1.54) is 11.3 Å². The van der Waals surface area contributed by atoms with Gasteiger partial charge in [-0.25, -0.2) is 0 Å². The number of para-hydroxylation sites is 1. The van der Waals surface area contributed by atoms with E-state index in [1.807, 2.05) is 30.3 Å². The lowest BCUT2D eigenvalue weighted by Gasteiger charge is -2.15. The molecule has 3 amide bonds. The molecule has 8 nitrogen and oxygen atoms in total. The Balaban J connectivity index is 1.42. The van der Waals surface area contributed by atoms with Crippen molar-refractivity contribution in [3.05, 3.63) is 65.2 Å². The highest BCUT2D eigenvalue weighted by molar-refractivity contribution is 7.15. The van der Waals surface area contributed by atoms with Gasteiger partial charge in [0.1, 0.15) is 5.01 Å². The van der Waals surface area contributed by atoms with E-state index < -0.39 is 0 Å². The van der Waals surface area contributed by atoms with Crippen LogP contribution in [0.15, 0.2) is 54.6 Å². The highest BCUT2D eigenvalue weighted by Crippen LogP contribution is 2.34. The Bertz CT molecular complexity index is 1120. The predicted octanol–water partition coefficient (Wildman–Crippen LogP) is 3.66. The zero-order valence-corrected chi connectivity index (χ0v) is 17.7. The van der Waals surface area contributed by atoms with Crippen LogP contribution in [0.1, 0.15) is 41.0 Å². The third-order valence-corrected chi connectivity index (χ3v) is 5.93. The molecule has 4 rings (SSSR count). The molecule has 2 N–H and O–H groups in total. The highest BCUT2D eigenvalue weighted by Gasteiger charge is 2.33. The molecule has 9 heteroatoms. The normalized spacial score (nSPS) is 15.7. The van der Waals surface area contributed by atoms with Gasteiger partial charge < -0.3 is 10.2 Å². The molecular weight excluding hydrogens is 414 g/mol. The lowest BCUT2D eigenvalue weighted by Crippen LogP contribution is -2.24. The van der Waals surface area contributed by atoms with Crippen molar-refractivity contribution in [3.63, 3.8) is 0 Å². The molecule has 3 aromatic rings. The summed E-state index contributed by atoms with van der Waals surface area (Å²) in [7, 11) is 0. The molecule has 1 aliphatic heterocycles. The fourth-order valence-electron chi connectivity index (χ4n) is 3.34. The molecule has 2 heterocycles. The Morgan fingerprint density at radius 2 is 1.90 bits per heavy atom. The lowest BCUT2D eigenvalue weighted by molar-refractivity contribution is -0.117. The van der Waals surface area contributed by atoms with E-state index in [4.69, 9.17) is 0 Å². The van der Waals surface area contributed by atoms with Gasteiger partial charge in [0.25, 0.3) is 5.91 Å². The van der Waals surface area contributed by atoms with Crippen molar-refractivity contribution in [3.8, 4) is 0 Å². The maximum atomic E-state index is 12.6. The van der Waals surface area contributed by atoms with Crippen LogP contribution in [-0.4, -0.2) is 34.5 Å². The van der Waals surface area contributed by atoms with E-state index in [1.54, 1.807) is 36.1 Å². The number of hydrogen-bond acceptors (Lipinski definition) is 6. The van der Waals surface area contributed by atoms with Crippen LogP contribution in [0.3, 0.4) is 0 Å². The predicted molar refractivity (Wildman–Crippen MR) is 119 cm³/mol. The van der Waals surface area contributed by atoms with Gasteiger partial charge in [-0.1, -0.05) is 42.5 Å². The smallest absolute Gasteiger partial charge is 0.257 e. The average Bonchev–Trinajstić information content (AvgIpc) is 3.41. The zero-order valence-electron chi connectivity index (χ0n) is 16.9. The van der Waals surface area contributed by atoms with Gasteiger partial charge in [-0.05, 0) is 30.3 Å². The number of carbonyl (C=O) groups is 3. The number of carbonyl (C=O) groups excluding carboxylic acids is 3. The summed E-state index contributed by atoms with van der Waals surface area (Å²) in [6.45, 7) is 2.29. The van der Waals surface area contributed by atoms with Crippen LogP contribution < -0.4 is 15.5 Å². The fourth-order valence-corrected chi connectivity index (χ4v) is 4.17. The van der Waals surface area contributed by atoms with Gasteiger partial charge in [0.15, 0.2) is 0 Å². The SMILES string of the molecule is CCC(=O)Nc1cccc(C(=O)Nc2nnc(C3CC(=O)N(c4ccccc4)C3)s2)c1. The van der Waals surface area contributed by atoms with Crippen molar-refractivity contribution in [2.24, 2.45) is 0 Å². The fraction of sp³-hybridized carbons (Fsp3) is 0.227. The monoisotopic (exact) mass is 435 g/mol. The molecular formula is C22H21N5O3S. The van der Waals surface area contributed by atoms with E-state index in [0.717, 1.165) is 5.69 Å². The third-order valence-electron chi connectivity index (χ3n) is 4.93. The molecule has 0 spiro atoms. The van der Waals surface area contributed by atoms with Crippen molar-refractivity contribution in [2.75, 3.05) is 22.1 Å². The minimum atomic E-state index is -0.344. The van der Waals surface area contributed by atoms with E-state index in [-0.39, 0.29) is 23.6 Å². The molecule has 158 valence electrons. The van der Waals surface area contributed by atoms with Crippen molar-refractivity contribution in [2.45, 2.75) is 25.7 Å². The van der Waals surface area contributed by atoms with Crippen LogP contribution in [0, 0.1) is 0 Å². The number of aromatic nitrogens is 2. The van der Waals surface area contributed by atoms with Crippen LogP contribution in [-0.2, 0) is 9.59 Å². The Labute approximate surface area is 183 Å². The second kappa shape index (κ2) is 9.05. The summed E-state index contributed by atoms with van der Waals surface area (Å²) < 4.78 is 0. The number of amides is 3. The maximum absolute atomic E-state index is 12.6. The summed E-state index contributed by atoms with van der Waals surface area (Å²) in [6.07, 6.45) is 0.714. The van der Waals surface area contributed by atoms with E-state index in [2.05, 4.69) is 20.8 Å². The van der Waals surface area contributed by atoms with Gasteiger partial charge in [-0.2, -0.15) is 0 Å². The molecule has 1 atom stereocenters. The summed E-state index contributed by atoms with van der Waals surface area (Å²) in [5, 5.41) is 14.8. The number of hydrogen-bond donors (Lipinski definition) is 2. The van der Waals surface area contributed by atoms with Crippen LogP contribution in [0.2, 0.25) is 0 Å². The van der Waals surface area contributed by atoms with Crippen LogP contribution >= 0.6 is 11.3 Å². The number of benzene rings is 2. The summed E-state index contributed by atoms with van der Waals surface area (Å²) in [5.74, 6) is -0.489. The van der Waals surface area contributed by atoms with Gasteiger partial charge in [0.05, 0.1) is 0 Å². The van der Waals surface area contributed by atoms with Crippen LogP contribution in [0.5, 0.6) is 0 Å². The molecule has 1 aliphatic rings. The zero-order chi connectivity index (χ0) is 21.8. The number of rotatable bonds is 6. The Morgan fingerprint density at radius 1 is 1.10 bits per heavy atom. The Morgan fingerprint density at radius 3 is 2.68 bits per heavy atom. The Hall–Kier alpha value is -3.59. The number of nitrogens with zero attached hydrogens (tertiary/aromatic N) is 3. The highest BCUT2D eigenvalue weighted by atomic mass is 32.1. The average molecular weight is 436 g/mol. The molecule has 1 unspecified atom stereocenters. The van der Waals surface area contributed by atoms with Crippen molar-refractivity contribution in [1.82, 2.24) is 10.2 Å². The van der Waals surface area contributed by atoms with Gasteiger partial charge in [-0.3, -0.25) is 19.7 Å². The van der Waals surface area contributed by atoms with E-state index >= 15 is 0 Å². The second-order valence-electron chi connectivity index (χ2n) is 7.12. The first-order chi connectivity index (χ1) is 15.0. The van der Waals surface area contributed by atoms with Gasteiger partial charge >= 0.3 is 0 Å². The summed E-state index contributed by atoms with van der Waals surface area (Å²) in [5.41, 5.74) is 1.82. The first-order valence-electron chi connectivity index (χ1n) is 9.93. The third kappa shape index (κ3) is 4.77. The summed E-state index contributed by atoms with van der Waals surface area (Å²) >= 11 is 1.27. The number of nitrogens with one attached hydrogen (secondary N) is 2. The standard InChI is InChI=1S/C22H21N5O3S/c1-2-18(28)23-16-8-6-7-14(11-16)20(30)24-22-26-25-21(31-22)15-12-19(29)27(13-15)17-9-4-3-5-10-17/h3-11,15H,2,12-13H2,1H3,(H,23,28)(H,24,26,30). The van der Waals surface area contributed by atoms with Crippen molar-refractivity contribution < 1.29 is 14.4 Å². The largest absolute Gasteiger partial charge is 0.326 e. The molecule has 0 saturated carbocycles. The first-order valence-corrected chi connectivity index (χ1v) is 10.7. The molecule has 1 fully saturated rings. The van der Waals surface area contributed by atoms with E-state index in [9.17, 15) is 14.4 Å². The maximum Gasteiger partial charge on any atom is 0.257 e. The molecule has 0 aliphatic carbocycles. The topological polar surface area (TPSA) is 104 Å². The van der Waals surface area contributed by atoms with Crippen LogP contribution in [0.25, 0.3) is 0 Å². The van der Waals surface area contributed by atoms with Gasteiger partial charge in [-0.15, -0.1) is 10.2 Å². The van der Waals surface area contributed by atoms with Crippen molar-refractivity contribution in [1.29, 1.82) is 0 Å². The molecule has 0 bridgehead atoms. The molecule has 2 aromatic carbocycles. The lowest BCUT2D eigenvalue weighted by atomic mass is 10.1. The Kier molecular flexibility index (Phi) is 6.03. The molecule has 1 aromatic heterocycles. The molecule has 31 heavy (non-hydrogen) atoms. The molecule has 0 radical (unpaired) electrons. The first kappa shape index (κ1) is 20.7. The van der Waals surface area contributed by atoms with Crippen molar-refractivity contribution >= 4 is 45.6 Å². The minimum Gasteiger partial charge on any atom is -0.326 e. The number of anilines is 3. The molecule has 1 saturated heterocycles. The van der Waals surface area contributed by atoms with Crippen LogP contribution in [0.4, 0.5) is 16.5 Å².